The maximum Gasteiger partial charge on any atom is 0.223 e. The fourth-order valence-corrected chi connectivity index (χ4v) is 1.26. The molecule has 0 aliphatic rings. The van der Waals surface area contributed by atoms with Crippen LogP contribution in [0.25, 0.3) is 0 Å². The van der Waals surface area contributed by atoms with Crippen molar-refractivity contribution in [1.29, 1.82) is 0 Å². The predicted octanol–water partition coefficient (Wildman–Crippen LogP) is 0.535. The lowest BCUT2D eigenvalue weighted by Gasteiger charge is -2.11. The molecule has 1 rings (SSSR count). The predicted molar refractivity (Wildman–Crippen MR) is 65.7 cm³/mol. The van der Waals surface area contributed by atoms with E-state index in [9.17, 15) is 4.79 Å². The molecule has 1 aromatic carbocycles. The molecular weight excluding hydrogens is 220 g/mol. The molecule has 17 heavy (non-hydrogen) atoms. The van der Waals surface area contributed by atoms with Gasteiger partial charge in [-0.1, -0.05) is 6.07 Å². The Kier molecular flexibility index (Phi) is 5.29. The lowest BCUT2D eigenvalue weighted by molar-refractivity contribution is -0.122. The quantitative estimate of drug-likeness (QED) is 0.631. The van der Waals surface area contributed by atoms with Gasteiger partial charge in [0.1, 0.15) is 5.75 Å². The normalized spacial score (nSPS) is 11.9. The molecule has 0 aliphatic carbocycles. The van der Waals surface area contributed by atoms with Crippen molar-refractivity contribution in [3.05, 3.63) is 24.3 Å². The number of carbonyl (C=O) groups excluding carboxylic acids is 1. The molecule has 1 atom stereocenters. The van der Waals surface area contributed by atoms with E-state index in [1.54, 1.807) is 31.2 Å². The minimum atomic E-state index is -0.227. The second-order valence-electron chi connectivity index (χ2n) is 3.82. The van der Waals surface area contributed by atoms with Crippen LogP contribution in [0.4, 0.5) is 5.69 Å². The average Bonchev–Trinajstić information content (AvgIpc) is 2.29. The molecule has 1 aromatic rings. The zero-order valence-corrected chi connectivity index (χ0v) is 9.85. The van der Waals surface area contributed by atoms with Gasteiger partial charge in [-0.3, -0.25) is 4.79 Å². The number of ether oxygens (including phenoxy) is 1. The number of anilines is 1. The third kappa shape index (κ3) is 5.21. The molecule has 5 nitrogen and oxygen atoms in total. The second-order valence-corrected chi connectivity index (χ2v) is 3.82. The fraction of sp³-hybridized carbons (Fsp3) is 0.417. The first-order valence-electron chi connectivity index (χ1n) is 5.50. The van der Waals surface area contributed by atoms with Gasteiger partial charge in [-0.25, -0.2) is 0 Å². The van der Waals surface area contributed by atoms with Crippen molar-refractivity contribution in [3.8, 4) is 5.75 Å². The number of aliphatic hydroxyl groups is 1. The van der Waals surface area contributed by atoms with Gasteiger partial charge in [-0.2, -0.15) is 0 Å². The Labute approximate surface area is 101 Å². The molecule has 94 valence electrons. The Hall–Kier alpha value is -1.75. The molecule has 5 heteroatoms. The van der Waals surface area contributed by atoms with E-state index in [-0.39, 0.29) is 31.6 Å². The van der Waals surface area contributed by atoms with Gasteiger partial charge in [0.05, 0.1) is 19.6 Å². The minimum Gasteiger partial charge on any atom is -0.493 e. The second kappa shape index (κ2) is 6.75. The fourth-order valence-electron chi connectivity index (χ4n) is 1.26. The number of nitrogen functional groups attached to an aromatic ring is 1. The number of amides is 1. The van der Waals surface area contributed by atoms with Crippen LogP contribution in [0.3, 0.4) is 0 Å². The van der Waals surface area contributed by atoms with Gasteiger partial charge in [-0.15, -0.1) is 0 Å². The third-order valence-corrected chi connectivity index (χ3v) is 2.14. The van der Waals surface area contributed by atoms with Crippen LogP contribution in [0.15, 0.2) is 24.3 Å². The van der Waals surface area contributed by atoms with Crippen LogP contribution >= 0.6 is 0 Å². The SMILES string of the molecule is C[C@H](CO)NC(=O)CCOc1cccc(N)c1. The van der Waals surface area contributed by atoms with Crippen LogP contribution in [0.2, 0.25) is 0 Å². The number of nitrogens with one attached hydrogen (secondary N) is 1. The molecule has 0 saturated carbocycles. The molecule has 0 aromatic heterocycles. The highest BCUT2D eigenvalue weighted by atomic mass is 16.5. The van der Waals surface area contributed by atoms with Crippen molar-refractivity contribution in [2.24, 2.45) is 0 Å². The smallest absolute Gasteiger partial charge is 0.223 e. The van der Waals surface area contributed by atoms with Gasteiger partial charge in [-0.05, 0) is 19.1 Å². The van der Waals surface area contributed by atoms with Gasteiger partial charge in [0, 0.05) is 17.8 Å². The third-order valence-electron chi connectivity index (χ3n) is 2.14. The molecule has 0 unspecified atom stereocenters. The van der Waals surface area contributed by atoms with Crippen LogP contribution < -0.4 is 15.8 Å². The highest BCUT2D eigenvalue weighted by molar-refractivity contribution is 5.76. The molecule has 0 spiro atoms. The molecule has 0 bridgehead atoms. The van der Waals surface area contributed by atoms with Crippen LogP contribution in [0.1, 0.15) is 13.3 Å². The number of benzene rings is 1. The molecule has 0 radical (unpaired) electrons. The summed E-state index contributed by atoms with van der Waals surface area (Å²) in [5, 5.41) is 11.4. The Morgan fingerprint density at radius 1 is 1.59 bits per heavy atom. The van der Waals surface area contributed by atoms with Gasteiger partial charge < -0.3 is 20.9 Å². The largest absolute Gasteiger partial charge is 0.493 e. The summed E-state index contributed by atoms with van der Waals surface area (Å²) in [6, 6.07) is 6.81. The van der Waals surface area contributed by atoms with Crippen molar-refractivity contribution in [2.75, 3.05) is 18.9 Å². The van der Waals surface area contributed by atoms with E-state index in [0.717, 1.165) is 0 Å². The standard InChI is InChI=1S/C12H18N2O3/c1-9(8-15)14-12(16)5-6-17-11-4-2-3-10(13)7-11/h2-4,7,9,15H,5-6,8,13H2,1H3,(H,14,16)/t9-/m1/s1. The summed E-state index contributed by atoms with van der Waals surface area (Å²) in [7, 11) is 0. The number of aliphatic hydroxyl groups excluding tert-OH is 1. The Balaban J connectivity index is 2.26. The molecule has 4 N–H and O–H groups in total. The zero-order chi connectivity index (χ0) is 12.7. The van der Waals surface area contributed by atoms with Crippen molar-refractivity contribution in [2.45, 2.75) is 19.4 Å². The van der Waals surface area contributed by atoms with E-state index in [2.05, 4.69) is 5.32 Å². The number of nitrogens with two attached hydrogens (primary N) is 1. The maximum atomic E-state index is 11.3. The average molecular weight is 238 g/mol. The van der Waals surface area contributed by atoms with E-state index in [1.165, 1.54) is 0 Å². The zero-order valence-electron chi connectivity index (χ0n) is 9.85. The molecule has 0 heterocycles. The summed E-state index contributed by atoms with van der Waals surface area (Å²) >= 11 is 0. The van der Waals surface area contributed by atoms with Gasteiger partial charge in [0.25, 0.3) is 0 Å². The highest BCUT2D eigenvalue weighted by Crippen LogP contribution is 2.14. The Morgan fingerprint density at radius 3 is 3.00 bits per heavy atom. The monoisotopic (exact) mass is 238 g/mol. The first-order valence-corrected chi connectivity index (χ1v) is 5.50. The molecule has 0 fully saturated rings. The molecule has 0 saturated heterocycles. The molecule has 1 amide bonds. The van der Waals surface area contributed by atoms with Crippen LogP contribution in [0, 0.1) is 0 Å². The van der Waals surface area contributed by atoms with E-state index in [4.69, 9.17) is 15.6 Å². The summed E-state index contributed by atoms with van der Waals surface area (Å²) in [6.45, 7) is 1.95. The highest BCUT2D eigenvalue weighted by Gasteiger charge is 2.06. The number of rotatable bonds is 6. The summed E-state index contributed by atoms with van der Waals surface area (Å²) in [4.78, 5) is 11.3. The maximum absolute atomic E-state index is 11.3. The van der Waals surface area contributed by atoms with Crippen molar-refractivity contribution >= 4 is 11.6 Å². The van der Waals surface area contributed by atoms with Crippen LogP contribution in [0.5, 0.6) is 5.75 Å². The topological polar surface area (TPSA) is 84.6 Å². The van der Waals surface area contributed by atoms with Crippen molar-refractivity contribution < 1.29 is 14.6 Å². The van der Waals surface area contributed by atoms with Crippen LogP contribution in [-0.4, -0.2) is 30.3 Å². The Morgan fingerprint density at radius 2 is 2.35 bits per heavy atom. The van der Waals surface area contributed by atoms with Gasteiger partial charge in [0.15, 0.2) is 0 Å². The Bertz CT molecular complexity index is 369. The van der Waals surface area contributed by atoms with Gasteiger partial charge >= 0.3 is 0 Å². The summed E-state index contributed by atoms with van der Waals surface area (Å²) in [5.74, 6) is 0.503. The minimum absolute atomic E-state index is 0.0676. The number of hydrogen-bond acceptors (Lipinski definition) is 4. The first kappa shape index (κ1) is 13.3. The van der Waals surface area contributed by atoms with E-state index in [1.807, 2.05) is 0 Å². The summed E-state index contributed by atoms with van der Waals surface area (Å²) in [5.41, 5.74) is 6.21. The van der Waals surface area contributed by atoms with E-state index < -0.39 is 0 Å². The summed E-state index contributed by atoms with van der Waals surface area (Å²) < 4.78 is 5.37. The lowest BCUT2D eigenvalue weighted by Crippen LogP contribution is -2.35. The van der Waals surface area contributed by atoms with Crippen LogP contribution in [-0.2, 0) is 4.79 Å². The molecule has 0 aliphatic heterocycles. The number of carbonyl (C=O) groups is 1. The van der Waals surface area contributed by atoms with E-state index in [0.29, 0.717) is 11.4 Å². The van der Waals surface area contributed by atoms with Crippen molar-refractivity contribution in [3.63, 3.8) is 0 Å². The first-order chi connectivity index (χ1) is 8.11. The molecular formula is C12H18N2O3. The van der Waals surface area contributed by atoms with Crippen molar-refractivity contribution in [1.82, 2.24) is 5.32 Å². The van der Waals surface area contributed by atoms with E-state index >= 15 is 0 Å². The lowest BCUT2D eigenvalue weighted by atomic mass is 10.3. The number of hydrogen-bond donors (Lipinski definition) is 3. The van der Waals surface area contributed by atoms with Gasteiger partial charge in [0.2, 0.25) is 5.91 Å². The summed E-state index contributed by atoms with van der Waals surface area (Å²) in [6.07, 6.45) is 0.249.